The van der Waals surface area contributed by atoms with Crippen LogP contribution in [0.1, 0.15) is 0 Å². The van der Waals surface area contributed by atoms with E-state index in [0.717, 1.165) is 28.0 Å². The molecule has 0 aliphatic rings. The van der Waals surface area contributed by atoms with Gasteiger partial charge in [0.15, 0.2) is 0 Å². The van der Waals surface area contributed by atoms with E-state index in [-0.39, 0.29) is 0 Å². The van der Waals surface area contributed by atoms with E-state index in [1.54, 1.807) is 0 Å². The number of pyridine rings is 1. The smallest absolute Gasteiger partial charge is 0.220 e. The number of fused-ring (bicyclic) bond motifs is 3. The summed E-state index contributed by atoms with van der Waals surface area (Å²) in [5.74, 6) is 0. The highest BCUT2D eigenvalue weighted by Crippen LogP contribution is 2.32. The molecule has 0 spiro atoms. The molecule has 0 aliphatic heterocycles. The largest absolute Gasteiger partial charge is 0.399 e. The van der Waals surface area contributed by atoms with Gasteiger partial charge in [-0.15, -0.1) is 0 Å². The van der Waals surface area contributed by atoms with Crippen LogP contribution in [0.15, 0.2) is 66.7 Å². The highest BCUT2D eigenvalue weighted by Gasteiger charge is 2.20. The first kappa shape index (κ1) is 13.6. The molecule has 0 bridgehead atoms. The normalized spacial score (nSPS) is 11.2. The average molecular weight is 300 g/mol. The van der Waals surface area contributed by atoms with Crippen LogP contribution in [0.4, 0.5) is 11.4 Å². The third-order valence-corrected chi connectivity index (χ3v) is 4.37. The van der Waals surface area contributed by atoms with Gasteiger partial charge in [0, 0.05) is 28.4 Å². The standard InChI is InChI=1S/C20H17N3/c1-23-19-5-3-2-4-17(19)16-11-10-15(22)12-18(16)20(23)13-6-8-14(21)9-7-13/h2-12,21H,22H2,1H3/p+1. The second-order valence-electron chi connectivity index (χ2n) is 5.85. The van der Waals surface area contributed by atoms with Crippen LogP contribution < -0.4 is 16.0 Å². The lowest BCUT2D eigenvalue weighted by molar-refractivity contribution is -0.632. The lowest BCUT2D eigenvalue weighted by Crippen LogP contribution is -2.32. The summed E-state index contributed by atoms with van der Waals surface area (Å²) in [5.41, 5.74) is 16.9. The number of benzene rings is 3. The Labute approximate surface area is 134 Å². The first-order valence-corrected chi connectivity index (χ1v) is 7.61. The van der Waals surface area contributed by atoms with Crippen LogP contribution in [0.5, 0.6) is 0 Å². The Morgan fingerprint density at radius 3 is 2.17 bits per heavy atom. The number of rotatable bonds is 1. The summed E-state index contributed by atoms with van der Waals surface area (Å²) < 4.78 is 2.22. The number of aromatic nitrogens is 1. The summed E-state index contributed by atoms with van der Waals surface area (Å²) in [7, 11) is 2.09. The summed E-state index contributed by atoms with van der Waals surface area (Å²) in [6, 6.07) is 22.5. The van der Waals surface area contributed by atoms with Crippen molar-refractivity contribution in [3.8, 4) is 11.3 Å². The molecule has 0 atom stereocenters. The highest BCUT2D eigenvalue weighted by molar-refractivity contribution is 6.09. The molecule has 0 radical (unpaired) electrons. The van der Waals surface area contributed by atoms with Gasteiger partial charge in [-0.25, -0.2) is 0 Å². The number of anilines is 2. The zero-order chi connectivity index (χ0) is 16.0. The van der Waals surface area contributed by atoms with Crippen molar-refractivity contribution >= 4 is 33.1 Å². The van der Waals surface area contributed by atoms with Crippen molar-refractivity contribution in [2.75, 3.05) is 11.5 Å². The first-order chi connectivity index (χ1) is 11.1. The molecule has 3 aromatic carbocycles. The van der Waals surface area contributed by atoms with E-state index < -0.39 is 0 Å². The topological polar surface area (TPSA) is 55.9 Å². The summed E-state index contributed by atoms with van der Waals surface area (Å²) in [6.45, 7) is 0. The zero-order valence-corrected chi connectivity index (χ0v) is 13.0. The Hall–Kier alpha value is -3.07. The second kappa shape index (κ2) is 4.99. The molecular weight excluding hydrogens is 282 g/mol. The first-order valence-electron chi connectivity index (χ1n) is 7.61. The average Bonchev–Trinajstić information content (AvgIpc) is 2.56. The fourth-order valence-corrected chi connectivity index (χ4v) is 3.28. The maximum Gasteiger partial charge on any atom is 0.220 e. The van der Waals surface area contributed by atoms with Gasteiger partial charge in [-0.3, -0.25) is 0 Å². The van der Waals surface area contributed by atoms with Crippen molar-refractivity contribution in [3.05, 3.63) is 66.7 Å². The maximum atomic E-state index is 6.06. The molecule has 23 heavy (non-hydrogen) atoms. The van der Waals surface area contributed by atoms with Gasteiger partial charge in [0.25, 0.3) is 0 Å². The molecule has 0 unspecified atom stereocenters. The Morgan fingerprint density at radius 2 is 1.39 bits per heavy atom. The summed E-state index contributed by atoms with van der Waals surface area (Å²) >= 11 is 0. The molecule has 4 rings (SSSR count). The van der Waals surface area contributed by atoms with Gasteiger partial charge in [0.1, 0.15) is 7.05 Å². The number of aryl methyl sites for hydroxylation is 1. The van der Waals surface area contributed by atoms with Gasteiger partial charge in [-0.1, -0.05) is 18.2 Å². The molecule has 1 aromatic heterocycles. The van der Waals surface area contributed by atoms with Gasteiger partial charge in [0.05, 0.1) is 10.8 Å². The molecule has 0 saturated heterocycles. The van der Waals surface area contributed by atoms with E-state index >= 15 is 0 Å². The number of hydrogen-bond acceptors (Lipinski definition) is 2. The van der Waals surface area contributed by atoms with E-state index in [4.69, 9.17) is 11.5 Å². The second-order valence-corrected chi connectivity index (χ2v) is 5.85. The van der Waals surface area contributed by atoms with Crippen molar-refractivity contribution < 1.29 is 4.57 Å². The molecule has 4 aromatic rings. The van der Waals surface area contributed by atoms with Gasteiger partial charge in [0.2, 0.25) is 11.2 Å². The fourth-order valence-electron chi connectivity index (χ4n) is 3.28. The van der Waals surface area contributed by atoms with Gasteiger partial charge in [-0.2, -0.15) is 4.57 Å². The summed E-state index contributed by atoms with van der Waals surface area (Å²) in [5, 5.41) is 3.58. The molecule has 0 aliphatic carbocycles. The maximum absolute atomic E-state index is 6.06. The van der Waals surface area contributed by atoms with Gasteiger partial charge < -0.3 is 11.5 Å². The molecule has 0 saturated carbocycles. The van der Waals surface area contributed by atoms with E-state index in [2.05, 4.69) is 54.1 Å². The van der Waals surface area contributed by atoms with Gasteiger partial charge >= 0.3 is 0 Å². The quantitative estimate of drug-likeness (QED) is 0.320. The van der Waals surface area contributed by atoms with Crippen molar-refractivity contribution in [1.82, 2.24) is 0 Å². The van der Waals surface area contributed by atoms with E-state index in [1.807, 2.05) is 24.3 Å². The summed E-state index contributed by atoms with van der Waals surface area (Å²) in [6.07, 6.45) is 0. The Bertz CT molecular complexity index is 1030. The number of nitrogens with zero attached hydrogens (tertiary/aromatic N) is 1. The predicted octanol–water partition coefficient (Wildman–Crippen LogP) is 3.65. The molecule has 3 heteroatoms. The van der Waals surface area contributed by atoms with Crippen molar-refractivity contribution in [2.24, 2.45) is 7.05 Å². The fraction of sp³-hybridized carbons (Fsp3) is 0.0500. The predicted molar refractivity (Wildman–Crippen MR) is 96.9 cm³/mol. The van der Waals surface area contributed by atoms with Gasteiger partial charge in [-0.05, 0) is 42.5 Å². The van der Waals surface area contributed by atoms with Crippen LogP contribution in [0.3, 0.4) is 0 Å². The molecule has 4 N–H and O–H groups in total. The van der Waals surface area contributed by atoms with Crippen LogP contribution >= 0.6 is 0 Å². The lowest BCUT2D eigenvalue weighted by Gasteiger charge is -2.10. The molecule has 1 heterocycles. The molecular formula is C20H18N3+. The lowest BCUT2D eigenvalue weighted by atomic mass is 9.98. The Balaban J connectivity index is 2.21. The molecule has 112 valence electrons. The van der Waals surface area contributed by atoms with E-state index in [0.29, 0.717) is 0 Å². The van der Waals surface area contributed by atoms with Crippen LogP contribution in [0.25, 0.3) is 32.9 Å². The highest BCUT2D eigenvalue weighted by atomic mass is 14.9. The van der Waals surface area contributed by atoms with E-state index in [9.17, 15) is 0 Å². The van der Waals surface area contributed by atoms with Crippen LogP contribution in [0, 0.1) is 0 Å². The Kier molecular flexibility index (Phi) is 2.95. The van der Waals surface area contributed by atoms with Crippen molar-refractivity contribution in [1.29, 1.82) is 0 Å². The molecule has 3 nitrogen and oxygen atoms in total. The van der Waals surface area contributed by atoms with Crippen LogP contribution in [0.2, 0.25) is 0 Å². The third-order valence-electron chi connectivity index (χ3n) is 4.37. The monoisotopic (exact) mass is 300 g/mol. The van der Waals surface area contributed by atoms with E-state index in [1.165, 1.54) is 16.3 Å². The number of nitrogens with two attached hydrogens (primary N) is 2. The minimum Gasteiger partial charge on any atom is -0.399 e. The van der Waals surface area contributed by atoms with Crippen LogP contribution in [-0.2, 0) is 7.05 Å². The summed E-state index contributed by atoms with van der Waals surface area (Å²) in [4.78, 5) is 0. The third kappa shape index (κ3) is 2.09. The zero-order valence-electron chi connectivity index (χ0n) is 13.0. The minimum absolute atomic E-state index is 0.765. The minimum atomic E-state index is 0.765. The van der Waals surface area contributed by atoms with Crippen LogP contribution in [-0.4, -0.2) is 0 Å². The number of para-hydroxylation sites is 1. The SMILES string of the molecule is C[n+]1c(-c2ccc(N)cc2)c2cc(N)ccc2c2ccccc21. The number of nitrogen functional groups attached to an aromatic ring is 2. The van der Waals surface area contributed by atoms with Crippen molar-refractivity contribution in [3.63, 3.8) is 0 Å². The molecule has 0 amide bonds. The molecule has 0 fully saturated rings. The number of hydrogen-bond donors (Lipinski definition) is 2. The van der Waals surface area contributed by atoms with Crippen molar-refractivity contribution in [2.45, 2.75) is 0 Å². The Morgan fingerprint density at radius 1 is 0.696 bits per heavy atom.